The van der Waals surface area contributed by atoms with Gasteiger partial charge >= 0.3 is 0 Å². The minimum Gasteiger partial charge on any atom is -0.479 e. The van der Waals surface area contributed by atoms with Gasteiger partial charge in [0.15, 0.2) is 0 Å². The minimum atomic E-state index is 0.133. The summed E-state index contributed by atoms with van der Waals surface area (Å²) in [5, 5.41) is 11.1. The van der Waals surface area contributed by atoms with Crippen molar-refractivity contribution in [2.45, 2.75) is 0 Å². The summed E-state index contributed by atoms with van der Waals surface area (Å²) in [5.74, 6) is 0.193. The Morgan fingerprint density at radius 3 is 2.57 bits per heavy atom. The zero-order valence-electron chi connectivity index (χ0n) is 11.4. The highest BCUT2D eigenvalue weighted by Crippen LogP contribution is 2.11. The zero-order chi connectivity index (χ0) is 14.9. The second-order valence-electron chi connectivity index (χ2n) is 3.91. The number of thiophene rings is 1. The first-order chi connectivity index (χ1) is 10.3. The Balaban J connectivity index is 2.23. The molecule has 0 saturated carbocycles. The van der Waals surface area contributed by atoms with Gasteiger partial charge in [-0.25, -0.2) is 9.98 Å². The van der Waals surface area contributed by atoms with Crippen LogP contribution in [-0.4, -0.2) is 19.5 Å². The van der Waals surface area contributed by atoms with E-state index in [1.165, 1.54) is 7.11 Å². The predicted molar refractivity (Wildman–Crippen MR) is 85.6 cm³/mol. The maximum atomic E-state index is 9.19. The van der Waals surface area contributed by atoms with Crippen LogP contribution in [0.3, 0.4) is 0 Å². The highest BCUT2D eigenvalue weighted by molar-refractivity contribution is 7.11. The summed E-state index contributed by atoms with van der Waals surface area (Å²) >= 11 is 1.56. The minimum absolute atomic E-state index is 0.133. The van der Waals surface area contributed by atoms with Gasteiger partial charge in [0.1, 0.15) is 6.07 Å². The normalized spacial score (nSPS) is 12.4. The molecule has 0 aliphatic rings. The van der Waals surface area contributed by atoms with E-state index in [-0.39, 0.29) is 11.6 Å². The van der Waals surface area contributed by atoms with Crippen molar-refractivity contribution in [3.8, 4) is 6.07 Å². The number of allylic oxidation sites excluding steroid dienone is 1. The standard InChI is InChI=1S/C16H13N3OS/c1-20-16(19-12-14-8-5-9-21-14)15(10-17)18-11-13-6-3-2-4-7-13/h2-9,11-12H,1H3/b16-15+,18-11?,19-12+. The van der Waals surface area contributed by atoms with Gasteiger partial charge in [-0.1, -0.05) is 36.4 Å². The molecule has 0 radical (unpaired) electrons. The van der Waals surface area contributed by atoms with Crippen LogP contribution in [0.25, 0.3) is 0 Å². The molecular formula is C16H13N3OS. The molecule has 0 fully saturated rings. The summed E-state index contributed by atoms with van der Waals surface area (Å²) in [4.78, 5) is 9.30. The first-order valence-electron chi connectivity index (χ1n) is 6.18. The Labute approximate surface area is 127 Å². The summed E-state index contributed by atoms with van der Waals surface area (Å²) in [6.07, 6.45) is 3.26. The Morgan fingerprint density at radius 2 is 1.95 bits per heavy atom. The predicted octanol–water partition coefficient (Wildman–Crippen LogP) is 3.63. The largest absolute Gasteiger partial charge is 0.479 e. The molecule has 0 atom stereocenters. The number of nitrogens with zero attached hydrogens (tertiary/aromatic N) is 3. The highest BCUT2D eigenvalue weighted by atomic mass is 32.1. The number of aliphatic imine (C=N–C) groups is 2. The number of hydrogen-bond acceptors (Lipinski definition) is 5. The van der Waals surface area contributed by atoms with E-state index in [1.54, 1.807) is 23.8 Å². The summed E-state index contributed by atoms with van der Waals surface area (Å²) in [6, 6.07) is 15.4. The second-order valence-corrected chi connectivity index (χ2v) is 4.89. The van der Waals surface area contributed by atoms with Crippen molar-refractivity contribution in [2.75, 3.05) is 7.11 Å². The molecule has 104 valence electrons. The molecule has 1 aromatic heterocycles. The SMILES string of the molecule is COC(/N=C/c1cccs1)=C(\C#N)N=Cc1ccccc1. The van der Waals surface area contributed by atoms with Crippen LogP contribution in [0.15, 0.2) is 69.4 Å². The Hall–Kier alpha value is -2.71. The number of rotatable bonds is 5. The van der Waals surface area contributed by atoms with Gasteiger partial charge in [-0.05, 0) is 17.0 Å². The van der Waals surface area contributed by atoms with Crippen molar-refractivity contribution >= 4 is 23.8 Å². The average molecular weight is 295 g/mol. The Kier molecular flexibility index (Phi) is 5.44. The van der Waals surface area contributed by atoms with E-state index >= 15 is 0 Å². The van der Waals surface area contributed by atoms with Crippen molar-refractivity contribution in [2.24, 2.45) is 9.98 Å². The van der Waals surface area contributed by atoms with Crippen LogP contribution in [0.5, 0.6) is 0 Å². The Morgan fingerprint density at radius 1 is 1.14 bits per heavy atom. The third-order valence-electron chi connectivity index (χ3n) is 2.50. The third-order valence-corrected chi connectivity index (χ3v) is 3.30. The fourth-order valence-corrected chi connectivity index (χ4v) is 2.09. The van der Waals surface area contributed by atoms with Crippen LogP contribution in [0.1, 0.15) is 10.4 Å². The molecular weight excluding hydrogens is 282 g/mol. The molecule has 0 unspecified atom stereocenters. The number of ether oxygens (including phenoxy) is 1. The lowest BCUT2D eigenvalue weighted by Gasteiger charge is -1.99. The monoisotopic (exact) mass is 295 g/mol. The number of nitriles is 1. The van der Waals surface area contributed by atoms with Gasteiger partial charge in [-0.15, -0.1) is 11.3 Å². The maximum absolute atomic E-state index is 9.19. The molecule has 0 spiro atoms. The number of methoxy groups -OCH3 is 1. The van der Waals surface area contributed by atoms with E-state index in [2.05, 4.69) is 9.98 Å². The molecule has 2 rings (SSSR count). The molecule has 21 heavy (non-hydrogen) atoms. The quantitative estimate of drug-likeness (QED) is 0.480. The topological polar surface area (TPSA) is 57.7 Å². The van der Waals surface area contributed by atoms with E-state index in [1.807, 2.05) is 53.9 Å². The van der Waals surface area contributed by atoms with Crippen molar-refractivity contribution in [3.63, 3.8) is 0 Å². The fourth-order valence-electron chi connectivity index (χ4n) is 1.51. The van der Waals surface area contributed by atoms with Crippen molar-refractivity contribution in [1.29, 1.82) is 5.26 Å². The van der Waals surface area contributed by atoms with Gasteiger partial charge < -0.3 is 4.74 Å². The van der Waals surface area contributed by atoms with E-state index < -0.39 is 0 Å². The van der Waals surface area contributed by atoms with E-state index in [9.17, 15) is 5.26 Å². The zero-order valence-corrected chi connectivity index (χ0v) is 12.2. The lowest BCUT2D eigenvalue weighted by atomic mass is 10.2. The number of benzene rings is 1. The molecule has 0 saturated heterocycles. The van der Waals surface area contributed by atoms with Gasteiger partial charge in [-0.2, -0.15) is 5.26 Å². The van der Waals surface area contributed by atoms with Gasteiger partial charge in [0.25, 0.3) is 5.88 Å². The third kappa shape index (κ3) is 4.41. The van der Waals surface area contributed by atoms with Crippen LogP contribution in [-0.2, 0) is 4.74 Å². The van der Waals surface area contributed by atoms with Crippen LogP contribution in [0.4, 0.5) is 0 Å². The molecule has 0 aliphatic carbocycles. The molecule has 4 nitrogen and oxygen atoms in total. The van der Waals surface area contributed by atoms with E-state index in [0.29, 0.717) is 0 Å². The first kappa shape index (κ1) is 14.7. The average Bonchev–Trinajstić information content (AvgIpc) is 3.05. The summed E-state index contributed by atoms with van der Waals surface area (Å²) in [5.41, 5.74) is 1.04. The highest BCUT2D eigenvalue weighted by Gasteiger charge is 2.03. The molecule has 1 heterocycles. The molecule has 0 amide bonds. The molecule has 2 aromatic rings. The van der Waals surface area contributed by atoms with Gasteiger partial charge in [0.05, 0.1) is 7.11 Å². The lowest BCUT2D eigenvalue weighted by Crippen LogP contribution is -1.91. The number of hydrogen-bond donors (Lipinski definition) is 0. The van der Waals surface area contributed by atoms with E-state index in [4.69, 9.17) is 4.74 Å². The van der Waals surface area contributed by atoms with Crippen molar-refractivity contribution < 1.29 is 4.74 Å². The van der Waals surface area contributed by atoms with E-state index in [0.717, 1.165) is 10.4 Å². The van der Waals surface area contributed by atoms with Crippen LogP contribution >= 0.6 is 11.3 Å². The summed E-state index contributed by atoms with van der Waals surface area (Å²) in [7, 11) is 1.47. The van der Waals surface area contributed by atoms with Gasteiger partial charge in [-0.3, -0.25) is 0 Å². The van der Waals surface area contributed by atoms with Crippen molar-refractivity contribution in [1.82, 2.24) is 0 Å². The molecule has 1 aromatic carbocycles. The molecule has 0 bridgehead atoms. The fraction of sp³-hybridized carbons (Fsp3) is 0.0625. The van der Waals surface area contributed by atoms with Crippen LogP contribution in [0, 0.1) is 11.3 Å². The summed E-state index contributed by atoms with van der Waals surface area (Å²) < 4.78 is 5.14. The second kappa shape index (κ2) is 7.78. The molecule has 5 heteroatoms. The molecule has 0 aliphatic heterocycles. The molecule has 0 N–H and O–H groups in total. The van der Waals surface area contributed by atoms with Crippen LogP contribution < -0.4 is 0 Å². The van der Waals surface area contributed by atoms with Gasteiger partial charge in [0.2, 0.25) is 5.70 Å². The Bertz CT molecular complexity index is 695. The summed E-state index contributed by atoms with van der Waals surface area (Å²) in [6.45, 7) is 0. The van der Waals surface area contributed by atoms with Crippen molar-refractivity contribution in [3.05, 3.63) is 69.9 Å². The first-order valence-corrected chi connectivity index (χ1v) is 7.06. The lowest BCUT2D eigenvalue weighted by molar-refractivity contribution is 0.285. The van der Waals surface area contributed by atoms with Gasteiger partial charge in [0, 0.05) is 17.3 Å². The maximum Gasteiger partial charge on any atom is 0.250 e. The smallest absolute Gasteiger partial charge is 0.250 e. The van der Waals surface area contributed by atoms with Crippen LogP contribution in [0.2, 0.25) is 0 Å².